The van der Waals surface area contributed by atoms with Crippen LogP contribution >= 0.6 is 11.3 Å². The van der Waals surface area contributed by atoms with E-state index in [2.05, 4.69) is 15.0 Å². The van der Waals surface area contributed by atoms with Gasteiger partial charge in [-0.1, -0.05) is 0 Å². The largest absolute Gasteiger partial charge is 0.462 e. The number of hydrogen-bond acceptors (Lipinski definition) is 6. The van der Waals surface area contributed by atoms with Crippen LogP contribution < -0.4 is 5.56 Å². The molecule has 0 fully saturated rings. The second kappa shape index (κ2) is 6.02. The van der Waals surface area contributed by atoms with Crippen LogP contribution in [0.1, 0.15) is 28.9 Å². The first kappa shape index (κ1) is 14.9. The zero-order chi connectivity index (χ0) is 16.4. The van der Waals surface area contributed by atoms with E-state index in [1.807, 2.05) is 31.2 Å². The Morgan fingerprint density at radius 1 is 1.52 bits per heavy atom. The molecule has 7 heteroatoms. The minimum atomic E-state index is -0.427. The molecule has 3 aromatic heterocycles. The minimum absolute atomic E-state index is 0.0412. The lowest BCUT2D eigenvalue weighted by atomic mass is 10.2. The minimum Gasteiger partial charge on any atom is -0.462 e. The van der Waals surface area contributed by atoms with Crippen molar-refractivity contribution in [1.82, 2.24) is 15.0 Å². The van der Waals surface area contributed by atoms with Gasteiger partial charge in [-0.25, -0.2) is 9.97 Å². The number of aromatic amines is 1. The maximum Gasteiger partial charge on any atom is 0.269 e. The van der Waals surface area contributed by atoms with Gasteiger partial charge in [-0.3, -0.25) is 4.79 Å². The topological polar surface area (TPSA) is 95.6 Å². The predicted molar refractivity (Wildman–Crippen MR) is 87.7 cm³/mol. The number of rotatable bonds is 3. The molecule has 0 atom stereocenters. The van der Waals surface area contributed by atoms with Crippen LogP contribution in [0.15, 0.2) is 33.8 Å². The number of allylic oxidation sites excluding steroid dienone is 1. The Balaban J connectivity index is 1.95. The SMILES string of the molecule is C/C(=C/c1cnc(-c2ccco2)s1)c1nc(C)c(C#N)c(=O)[nH]1. The van der Waals surface area contributed by atoms with Crippen LogP contribution in [0, 0.1) is 18.3 Å². The van der Waals surface area contributed by atoms with Gasteiger partial charge in [0.15, 0.2) is 10.8 Å². The molecular weight excluding hydrogens is 312 g/mol. The summed E-state index contributed by atoms with van der Waals surface area (Å²) in [4.78, 5) is 24.0. The maximum absolute atomic E-state index is 11.8. The Morgan fingerprint density at radius 2 is 2.35 bits per heavy atom. The van der Waals surface area contributed by atoms with E-state index in [4.69, 9.17) is 9.68 Å². The van der Waals surface area contributed by atoms with Gasteiger partial charge >= 0.3 is 0 Å². The molecule has 0 bridgehead atoms. The second-order valence-corrected chi connectivity index (χ2v) is 5.92. The van der Waals surface area contributed by atoms with E-state index in [0.717, 1.165) is 15.5 Å². The predicted octanol–water partition coefficient (Wildman–Crippen LogP) is 3.23. The van der Waals surface area contributed by atoms with E-state index in [1.54, 1.807) is 19.4 Å². The Labute approximate surface area is 135 Å². The molecule has 3 aromatic rings. The molecule has 3 heterocycles. The van der Waals surface area contributed by atoms with Crippen LogP contribution in [0.2, 0.25) is 0 Å². The van der Waals surface area contributed by atoms with E-state index in [9.17, 15) is 4.79 Å². The number of furan rings is 1. The van der Waals surface area contributed by atoms with Gasteiger partial charge in [-0.05, 0) is 37.6 Å². The van der Waals surface area contributed by atoms with Crippen molar-refractivity contribution in [2.75, 3.05) is 0 Å². The van der Waals surface area contributed by atoms with Gasteiger partial charge in [0.05, 0.1) is 12.0 Å². The van der Waals surface area contributed by atoms with Crippen LogP contribution in [0.25, 0.3) is 22.4 Å². The maximum atomic E-state index is 11.8. The fourth-order valence-electron chi connectivity index (χ4n) is 2.05. The second-order valence-electron chi connectivity index (χ2n) is 4.86. The first-order chi connectivity index (χ1) is 11.1. The Morgan fingerprint density at radius 3 is 3.00 bits per heavy atom. The van der Waals surface area contributed by atoms with Crippen LogP contribution in [0.5, 0.6) is 0 Å². The van der Waals surface area contributed by atoms with E-state index in [0.29, 0.717) is 17.3 Å². The number of hydrogen-bond donors (Lipinski definition) is 1. The molecule has 3 rings (SSSR count). The first-order valence-corrected chi connectivity index (χ1v) is 7.59. The molecular formula is C16H12N4O2S. The molecule has 0 aromatic carbocycles. The number of nitriles is 1. The lowest BCUT2D eigenvalue weighted by Gasteiger charge is -2.02. The third-order valence-corrected chi connectivity index (χ3v) is 4.16. The molecule has 6 nitrogen and oxygen atoms in total. The molecule has 0 spiro atoms. The lowest BCUT2D eigenvalue weighted by Crippen LogP contribution is -2.16. The van der Waals surface area contributed by atoms with Gasteiger partial charge in [0.25, 0.3) is 5.56 Å². The molecule has 0 saturated heterocycles. The van der Waals surface area contributed by atoms with Crippen molar-refractivity contribution < 1.29 is 4.42 Å². The van der Waals surface area contributed by atoms with Crippen LogP contribution in [0.4, 0.5) is 0 Å². The standard InChI is InChI=1S/C16H12N4O2S/c1-9(14-19-10(2)12(7-17)15(21)20-14)6-11-8-18-16(23-11)13-4-3-5-22-13/h3-6,8H,1-2H3,(H,19,20,21)/b9-6-. The van der Waals surface area contributed by atoms with E-state index in [-0.39, 0.29) is 5.56 Å². The molecule has 0 aliphatic rings. The number of aromatic nitrogens is 3. The van der Waals surface area contributed by atoms with Crippen molar-refractivity contribution in [2.45, 2.75) is 13.8 Å². The molecule has 114 valence electrons. The van der Waals surface area contributed by atoms with Crippen molar-refractivity contribution in [2.24, 2.45) is 0 Å². The van der Waals surface area contributed by atoms with Gasteiger partial charge < -0.3 is 9.40 Å². The quantitative estimate of drug-likeness (QED) is 0.798. The van der Waals surface area contributed by atoms with Gasteiger partial charge in [0, 0.05) is 11.1 Å². The van der Waals surface area contributed by atoms with Crippen molar-refractivity contribution in [3.8, 4) is 16.8 Å². The van der Waals surface area contributed by atoms with Gasteiger partial charge in [-0.15, -0.1) is 11.3 Å². The summed E-state index contributed by atoms with van der Waals surface area (Å²) in [6.07, 6.45) is 5.22. The summed E-state index contributed by atoms with van der Waals surface area (Å²) in [5.74, 6) is 1.16. The Kier molecular flexibility index (Phi) is 3.91. The fraction of sp³-hybridized carbons (Fsp3) is 0.125. The fourth-order valence-corrected chi connectivity index (χ4v) is 2.94. The van der Waals surface area contributed by atoms with Crippen LogP contribution in [-0.4, -0.2) is 15.0 Å². The third-order valence-electron chi connectivity index (χ3n) is 3.20. The van der Waals surface area contributed by atoms with Crippen molar-refractivity contribution in [1.29, 1.82) is 5.26 Å². The molecule has 0 amide bonds. The number of nitrogens with one attached hydrogen (secondary N) is 1. The van der Waals surface area contributed by atoms with Crippen molar-refractivity contribution in [3.63, 3.8) is 0 Å². The third kappa shape index (κ3) is 2.98. The number of H-pyrrole nitrogens is 1. The van der Waals surface area contributed by atoms with E-state index < -0.39 is 5.56 Å². The zero-order valence-electron chi connectivity index (χ0n) is 12.5. The highest BCUT2D eigenvalue weighted by molar-refractivity contribution is 7.15. The number of aryl methyl sites for hydroxylation is 1. The summed E-state index contributed by atoms with van der Waals surface area (Å²) in [6.45, 7) is 3.49. The summed E-state index contributed by atoms with van der Waals surface area (Å²) in [5.41, 5.74) is 0.812. The first-order valence-electron chi connectivity index (χ1n) is 6.78. The smallest absolute Gasteiger partial charge is 0.269 e. The summed E-state index contributed by atoms with van der Waals surface area (Å²) < 4.78 is 5.32. The highest BCUT2D eigenvalue weighted by Gasteiger charge is 2.10. The molecule has 0 saturated carbocycles. The molecule has 0 aliphatic carbocycles. The zero-order valence-corrected chi connectivity index (χ0v) is 13.3. The molecule has 1 N–H and O–H groups in total. The average Bonchev–Trinajstić information content (AvgIpc) is 3.17. The normalized spacial score (nSPS) is 11.4. The van der Waals surface area contributed by atoms with E-state index in [1.165, 1.54) is 11.3 Å². The van der Waals surface area contributed by atoms with Crippen LogP contribution in [-0.2, 0) is 0 Å². The average molecular weight is 324 g/mol. The highest BCUT2D eigenvalue weighted by Crippen LogP contribution is 2.27. The summed E-state index contributed by atoms with van der Waals surface area (Å²) in [5, 5.41) is 9.70. The van der Waals surface area contributed by atoms with E-state index >= 15 is 0 Å². The number of nitrogens with zero attached hydrogens (tertiary/aromatic N) is 3. The molecule has 0 aliphatic heterocycles. The summed E-state index contributed by atoms with van der Waals surface area (Å²) in [6, 6.07) is 5.51. The van der Waals surface area contributed by atoms with Crippen LogP contribution in [0.3, 0.4) is 0 Å². The van der Waals surface area contributed by atoms with Crippen molar-refractivity contribution >= 4 is 23.0 Å². The summed E-state index contributed by atoms with van der Waals surface area (Å²) in [7, 11) is 0. The van der Waals surface area contributed by atoms with Gasteiger partial charge in [0.2, 0.25) is 0 Å². The summed E-state index contributed by atoms with van der Waals surface area (Å²) >= 11 is 1.48. The van der Waals surface area contributed by atoms with Gasteiger partial charge in [-0.2, -0.15) is 5.26 Å². The monoisotopic (exact) mass is 324 g/mol. The Hall–Kier alpha value is -2.98. The van der Waals surface area contributed by atoms with Gasteiger partial charge in [0.1, 0.15) is 17.5 Å². The Bertz CT molecular complexity index is 974. The lowest BCUT2D eigenvalue weighted by molar-refractivity contribution is 0.582. The highest BCUT2D eigenvalue weighted by atomic mass is 32.1. The molecule has 0 unspecified atom stereocenters. The number of thiazole rings is 1. The molecule has 0 radical (unpaired) electrons. The molecule has 23 heavy (non-hydrogen) atoms. The van der Waals surface area contributed by atoms with Crippen molar-refractivity contribution in [3.05, 3.63) is 56.9 Å².